The van der Waals surface area contributed by atoms with Crippen molar-refractivity contribution in [1.29, 1.82) is 0 Å². The third-order valence-corrected chi connectivity index (χ3v) is 3.21. The van der Waals surface area contributed by atoms with Crippen LogP contribution in [0.2, 0.25) is 0 Å². The summed E-state index contributed by atoms with van der Waals surface area (Å²) in [6, 6.07) is 10.2. The van der Waals surface area contributed by atoms with Crippen LogP contribution in [0.4, 0.5) is 0 Å². The average molecular weight is 206 g/mol. The lowest BCUT2D eigenvalue weighted by molar-refractivity contribution is -0.863. The summed E-state index contributed by atoms with van der Waals surface area (Å²) in [5.74, 6) is 0.254. The van der Waals surface area contributed by atoms with Gasteiger partial charge in [0.25, 0.3) is 0 Å². The predicted octanol–water partition coefficient (Wildman–Crippen LogP) is 2.59. The summed E-state index contributed by atoms with van der Waals surface area (Å²) in [5.41, 5.74) is 1.23. The molecule has 0 radical (unpaired) electrons. The Morgan fingerprint density at radius 1 is 1.13 bits per heavy atom. The van der Waals surface area contributed by atoms with Crippen molar-refractivity contribution in [2.75, 3.05) is 13.1 Å². The highest BCUT2D eigenvalue weighted by atomic mass is 16.2. The number of amides is 1. The van der Waals surface area contributed by atoms with Gasteiger partial charge in [-0.3, -0.25) is 4.48 Å². The molecule has 0 bridgehead atoms. The van der Waals surface area contributed by atoms with E-state index < -0.39 is 0 Å². The number of benzene rings is 1. The molecule has 1 aromatic rings. The molecule has 0 fully saturated rings. The standard InChI is InChI=1S/C13H20NO/c1-4-14(5-2,12(3)15)11-13-9-7-6-8-10-13/h6-10H,4-5,11H2,1-3H3/q+1. The molecule has 0 aliphatic rings. The van der Waals surface area contributed by atoms with Gasteiger partial charge in [-0.15, -0.1) is 0 Å². The van der Waals surface area contributed by atoms with E-state index in [1.54, 1.807) is 6.92 Å². The number of quaternary nitrogens is 1. The van der Waals surface area contributed by atoms with Gasteiger partial charge >= 0.3 is 5.91 Å². The van der Waals surface area contributed by atoms with Crippen LogP contribution in [-0.4, -0.2) is 23.5 Å². The molecule has 0 aromatic heterocycles. The second kappa shape index (κ2) is 5.08. The number of hydrogen-bond donors (Lipinski definition) is 0. The van der Waals surface area contributed by atoms with Crippen molar-refractivity contribution in [3.8, 4) is 0 Å². The number of rotatable bonds is 4. The van der Waals surface area contributed by atoms with Crippen LogP contribution in [0.25, 0.3) is 0 Å². The fourth-order valence-corrected chi connectivity index (χ4v) is 1.94. The molecule has 0 saturated heterocycles. The highest BCUT2D eigenvalue weighted by molar-refractivity contribution is 5.65. The highest BCUT2D eigenvalue weighted by Crippen LogP contribution is 2.14. The zero-order valence-electron chi connectivity index (χ0n) is 9.86. The first-order valence-corrected chi connectivity index (χ1v) is 5.55. The molecule has 0 atom stereocenters. The van der Waals surface area contributed by atoms with Gasteiger partial charge in [0.15, 0.2) is 0 Å². The van der Waals surface area contributed by atoms with Gasteiger partial charge in [0.2, 0.25) is 0 Å². The summed E-state index contributed by atoms with van der Waals surface area (Å²) in [6.45, 7) is 8.38. The third kappa shape index (κ3) is 2.66. The lowest BCUT2D eigenvalue weighted by Gasteiger charge is -2.32. The van der Waals surface area contributed by atoms with E-state index in [0.29, 0.717) is 4.48 Å². The average Bonchev–Trinajstić information content (AvgIpc) is 2.27. The molecule has 15 heavy (non-hydrogen) atoms. The molecular weight excluding hydrogens is 186 g/mol. The van der Waals surface area contributed by atoms with Gasteiger partial charge in [0, 0.05) is 5.56 Å². The maximum atomic E-state index is 11.7. The Balaban J connectivity index is 2.89. The predicted molar refractivity (Wildman–Crippen MR) is 62.2 cm³/mol. The zero-order chi connectivity index (χ0) is 11.3. The fraction of sp³-hybridized carbons (Fsp3) is 0.462. The highest BCUT2D eigenvalue weighted by Gasteiger charge is 2.29. The van der Waals surface area contributed by atoms with Gasteiger partial charge in [-0.25, -0.2) is 4.79 Å². The smallest absolute Gasteiger partial charge is 0.257 e. The van der Waals surface area contributed by atoms with E-state index in [2.05, 4.69) is 26.0 Å². The van der Waals surface area contributed by atoms with Gasteiger partial charge in [-0.2, -0.15) is 0 Å². The van der Waals surface area contributed by atoms with Gasteiger partial charge in [-0.1, -0.05) is 30.3 Å². The van der Waals surface area contributed by atoms with E-state index in [-0.39, 0.29) is 5.91 Å². The first kappa shape index (κ1) is 11.9. The van der Waals surface area contributed by atoms with Crippen molar-refractivity contribution >= 4 is 5.91 Å². The quantitative estimate of drug-likeness (QED) is 0.692. The Kier molecular flexibility index (Phi) is 4.04. The van der Waals surface area contributed by atoms with Crippen molar-refractivity contribution in [2.45, 2.75) is 27.3 Å². The molecule has 2 heteroatoms. The van der Waals surface area contributed by atoms with Crippen molar-refractivity contribution in [3.63, 3.8) is 0 Å². The Bertz CT molecular complexity index is 315. The first-order chi connectivity index (χ1) is 7.14. The lowest BCUT2D eigenvalue weighted by Crippen LogP contribution is -2.50. The molecule has 0 N–H and O–H groups in total. The Morgan fingerprint density at radius 3 is 2.07 bits per heavy atom. The lowest BCUT2D eigenvalue weighted by atomic mass is 10.1. The molecule has 0 aliphatic carbocycles. The van der Waals surface area contributed by atoms with Gasteiger partial charge < -0.3 is 0 Å². The summed E-state index contributed by atoms with van der Waals surface area (Å²) in [6.07, 6.45) is 0. The molecule has 2 nitrogen and oxygen atoms in total. The van der Waals surface area contributed by atoms with Crippen LogP contribution in [0.1, 0.15) is 26.3 Å². The van der Waals surface area contributed by atoms with Crippen LogP contribution in [-0.2, 0) is 11.3 Å². The van der Waals surface area contributed by atoms with Crippen LogP contribution in [0.3, 0.4) is 0 Å². The third-order valence-electron chi connectivity index (χ3n) is 3.21. The summed E-state index contributed by atoms with van der Waals surface area (Å²) in [5, 5.41) is 0. The maximum Gasteiger partial charge on any atom is 0.310 e. The molecule has 1 amide bonds. The number of carbonyl (C=O) groups excluding carboxylic acids is 1. The molecular formula is C13H20NO+. The number of nitrogens with zero attached hydrogens (tertiary/aromatic N) is 1. The monoisotopic (exact) mass is 206 g/mol. The molecule has 0 spiro atoms. The minimum atomic E-state index is 0.254. The van der Waals surface area contributed by atoms with Crippen LogP contribution in [0, 0.1) is 0 Å². The van der Waals surface area contributed by atoms with Crippen molar-refractivity contribution < 1.29 is 9.28 Å². The number of hydrogen-bond acceptors (Lipinski definition) is 1. The zero-order valence-corrected chi connectivity index (χ0v) is 9.86. The Hall–Kier alpha value is -1.15. The van der Waals surface area contributed by atoms with Crippen LogP contribution in [0.15, 0.2) is 30.3 Å². The molecule has 0 heterocycles. The molecule has 0 unspecified atom stereocenters. The molecule has 0 saturated carbocycles. The van der Waals surface area contributed by atoms with E-state index in [1.165, 1.54) is 5.56 Å². The Labute approximate surface area is 92.1 Å². The van der Waals surface area contributed by atoms with Gasteiger partial charge in [0.1, 0.15) is 6.54 Å². The summed E-state index contributed by atoms with van der Waals surface area (Å²) in [4.78, 5) is 11.7. The molecule has 1 rings (SSSR count). The van der Waals surface area contributed by atoms with Gasteiger partial charge in [0.05, 0.1) is 20.0 Å². The fourth-order valence-electron chi connectivity index (χ4n) is 1.94. The largest absolute Gasteiger partial charge is 0.310 e. The van der Waals surface area contributed by atoms with Crippen LogP contribution < -0.4 is 0 Å². The topological polar surface area (TPSA) is 17.1 Å². The van der Waals surface area contributed by atoms with E-state index >= 15 is 0 Å². The Morgan fingerprint density at radius 2 is 1.67 bits per heavy atom. The summed E-state index contributed by atoms with van der Waals surface area (Å²) in [7, 11) is 0. The second-order valence-electron chi connectivity index (χ2n) is 3.94. The second-order valence-corrected chi connectivity index (χ2v) is 3.94. The molecule has 0 aliphatic heterocycles. The molecule has 1 aromatic carbocycles. The van der Waals surface area contributed by atoms with E-state index in [4.69, 9.17) is 0 Å². The minimum absolute atomic E-state index is 0.254. The van der Waals surface area contributed by atoms with Crippen LogP contribution >= 0.6 is 0 Å². The number of carbonyl (C=O) groups is 1. The van der Waals surface area contributed by atoms with E-state index in [0.717, 1.165) is 19.6 Å². The normalized spacial score (nSPS) is 11.4. The van der Waals surface area contributed by atoms with Crippen LogP contribution in [0.5, 0.6) is 0 Å². The maximum absolute atomic E-state index is 11.7. The SMILES string of the molecule is CC[N+](CC)(Cc1ccccc1)C(C)=O. The van der Waals surface area contributed by atoms with E-state index in [1.807, 2.05) is 18.2 Å². The molecule has 82 valence electrons. The van der Waals surface area contributed by atoms with Crippen molar-refractivity contribution in [1.82, 2.24) is 0 Å². The summed E-state index contributed by atoms with van der Waals surface area (Å²) >= 11 is 0. The summed E-state index contributed by atoms with van der Waals surface area (Å²) < 4.78 is 0.546. The van der Waals surface area contributed by atoms with Gasteiger partial charge in [-0.05, 0) is 13.8 Å². The minimum Gasteiger partial charge on any atom is -0.257 e. The van der Waals surface area contributed by atoms with Crippen molar-refractivity contribution in [2.24, 2.45) is 0 Å². The first-order valence-electron chi connectivity index (χ1n) is 5.55. The van der Waals surface area contributed by atoms with E-state index in [9.17, 15) is 4.79 Å². The van der Waals surface area contributed by atoms with Crippen molar-refractivity contribution in [3.05, 3.63) is 35.9 Å².